The molecule has 0 spiro atoms. The molecule has 0 aromatic heterocycles. The zero-order valence-corrected chi connectivity index (χ0v) is 6.71. The van der Waals surface area contributed by atoms with Crippen molar-refractivity contribution in [1.29, 1.82) is 0 Å². The van der Waals surface area contributed by atoms with Gasteiger partial charge in [-0.15, -0.1) is 0 Å². The topological polar surface area (TPSA) is 17.1 Å². The Balaban J connectivity index is 2.91. The van der Waals surface area contributed by atoms with Crippen LogP contribution < -0.4 is 0 Å². The van der Waals surface area contributed by atoms with Gasteiger partial charge in [0.05, 0.1) is 0 Å². The molecule has 0 saturated carbocycles. The molecule has 0 aliphatic heterocycles. The van der Waals surface area contributed by atoms with Gasteiger partial charge in [-0.25, -0.2) is 0 Å². The van der Waals surface area contributed by atoms with E-state index in [4.69, 9.17) is 11.6 Å². The van der Waals surface area contributed by atoms with Crippen molar-refractivity contribution >= 4 is 23.3 Å². The molecule has 10 heavy (non-hydrogen) atoms. The summed E-state index contributed by atoms with van der Waals surface area (Å²) in [6.45, 7) is 0. The number of hydrogen-bond donors (Lipinski definition) is 0. The lowest BCUT2D eigenvalue weighted by molar-refractivity contribution is 0.604. The van der Waals surface area contributed by atoms with Crippen molar-refractivity contribution in [1.82, 2.24) is 0 Å². The van der Waals surface area contributed by atoms with E-state index in [2.05, 4.69) is 6.07 Å². The predicted octanol–water partition coefficient (Wildman–Crippen LogP) is 2.07. The molecule has 0 atom stereocenters. The van der Waals surface area contributed by atoms with Gasteiger partial charge in [0.2, 0.25) is 0 Å². The molecule has 1 aromatic rings. The van der Waals surface area contributed by atoms with E-state index in [1.54, 1.807) is 18.2 Å². The van der Waals surface area contributed by atoms with E-state index in [1.807, 2.05) is 0 Å². The van der Waals surface area contributed by atoms with E-state index >= 15 is 0 Å². The fraction of sp³-hybridized carbons (Fsp3) is 0.143. The summed E-state index contributed by atoms with van der Waals surface area (Å²) in [5, 5.41) is 0.617. The monoisotopic (exact) mass is 172 g/mol. The molecular weight excluding hydrogens is 168 g/mol. The van der Waals surface area contributed by atoms with Gasteiger partial charge in [0.25, 0.3) is 5.75 Å². The normalized spacial score (nSPS) is 9.30. The van der Waals surface area contributed by atoms with E-state index in [-0.39, 0.29) is 0 Å². The predicted molar refractivity (Wildman–Crippen MR) is 42.0 cm³/mol. The van der Waals surface area contributed by atoms with Crippen LogP contribution in [0.25, 0.3) is 0 Å². The second-order valence-electron chi connectivity index (χ2n) is 1.76. The van der Waals surface area contributed by atoms with Crippen molar-refractivity contribution in [3.05, 3.63) is 34.9 Å². The first-order valence-electron chi connectivity index (χ1n) is 2.74. The minimum Gasteiger partial charge on any atom is -0.0838 e. The highest BCUT2D eigenvalue weighted by atomic mass is 35.5. The van der Waals surface area contributed by atoms with Crippen LogP contribution >= 0.6 is 11.6 Å². The van der Waals surface area contributed by atoms with Gasteiger partial charge in [-0.1, -0.05) is 23.7 Å². The van der Waals surface area contributed by atoms with Gasteiger partial charge in [-0.2, -0.15) is 0 Å². The second kappa shape index (κ2) is 3.64. The van der Waals surface area contributed by atoms with Gasteiger partial charge < -0.3 is 0 Å². The van der Waals surface area contributed by atoms with Gasteiger partial charge in [-0.3, -0.25) is 0 Å². The molecule has 3 heteroatoms. The molecule has 0 N–H and O–H groups in total. The van der Waals surface area contributed by atoms with Crippen LogP contribution in [0.4, 0.5) is 0 Å². The Morgan fingerprint density at radius 3 is 3.10 bits per heavy atom. The first-order chi connectivity index (χ1) is 4.84. The van der Waals surface area contributed by atoms with E-state index in [9.17, 15) is 4.21 Å². The van der Waals surface area contributed by atoms with Crippen LogP contribution in [0.1, 0.15) is 5.56 Å². The average Bonchev–Trinajstić information content (AvgIpc) is 1.94. The van der Waals surface area contributed by atoms with Crippen LogP contribution in [0, 0.1) is 6.07 Å². The lowest BCUT2D eigenvalue weighted by Gasteiger charge is -1.89. The Kier molecular flexibility index (Phi) is 2.78. The molecule has 0 amide bonds. The highest BCUT2D eigenvalue weighted by molar-refractivity contribution is 7.64. The molecular formula is C7H5ClOS+. The van der Waals surface area contributed by atoms with Crippen molar-refractivity contribution < 1.29 is 4.21 Å². The number of hydrogen-bond acceptors (Lipinski definition) is 1. The number of rotatable bonds is 2. The zero-order valence-electron chi connectivity index (χ0n) is 5.13. The zero-order chi connectivity index (χ0) is 7.40. The molecule has 1 nitrogen and oxygen atoms in total. The van der Waals surface area contributed by atoms with Crippen molar-refractivity contribution in [3.8, 4) is 0 Å². The first-order valence-corrected chi connectivity index (χ1v) is 4.03. The molecule has 0 heterocycles. The summed E-state index contributed by atoms with van der Waals surface area (Å²) in [5.41, 5.74) is 0.782. The summed E-state index contributed by atoms with van der Waals surface area (Å²) in [5.74, 6) is 0.389. The fourth-order valence-electron chi connectivity index (χ4n) is 0.620. The average molecular weight is 173 g/mol. The Morgan fingerprint density at radius 2 is 2.50 bits per heavy atom. The first kappa shape index (κ1) is 7.63. The third kappa shape index (κ3) is 1.75. The maximum atomic E-state index is 10.1. The maximum Gasteiger partial charge on any atom is 0.463 e. The van der Waals surface area contributed by atoms with Crippen molar-refractivity contribution in [3.63, 3.8) is 0 Å². The summed E-state index contributed by atoms with van der Waals surface area (Å²) >= 11 is 6.22. The lowest BCUT2D eigenvalue weighted by Crippen LogP contribution is -1.82. The van der Waals surface area contributed by atoms with E-state index in [0.717, 1.165) is 5.56 Å². The molecule has 0 unspecified atom stereocenters. The van der Waals surface area contributed by atoms with Crippen LogP contribution in [-0.4, -0.2) is 0 Å². The summed E-state index contributed by atoms with van der Waals surface area (Å²) in [4.78, 5) is 0. The fourth-order valence-corrected chi connectivity index (χ4v) is 1.25. The number of benzene rings is 1. The second-order valence-corrected chi connectivity index (χ2v) is 2.69. The van der Waals surface area contributed by atoms with Crippen molar-refractivity contribution in [2.45, 2.75) is 5.75 Å². The van der Waals surface area contributed by atoms with E-state index in [1.165, 1.54) is 0 Å². The van der Waals surface area contributed by atoms with Gasteiger partial charge >= 0.3 is 11.7 Å². The largest absolute Gasteiger partial charge is 0.463 e. The van der Waals surface area contributed by atoms with Gasteiger partial charge in [-0.05, 0) is 12.1 Å². The van der Waals surface area contributed by atoms with Crippen LogP contribution in [0.5, 0.6) is 0 Å². The SMILES string of the molecule is O=[S+]Cc1[c]cccc1Cl. The molecule has 0 bridgehead atoms. The highest BCUT2D eigenvalue weighted by Gasteiger charge is 2.05. The Hall–Kier alpha value is -0.470. The summed E-state index contributed by atoms with van der Waals surface area (Å²) in [6.07, 6.45) is 0. The molecule has 1 radical (unpaired) electrons. The summed E-state index contributed by atoms with van der Waals surface area (Å²) in [6, 6.07) is 8.18. The molecule has 1 rings (SSSR count). The van der Waals surface area contributed by atoms with Crippen LogP contribution in [-0.2, 0) is 21.6 Å². The van der Waals surface area contributed by atoms with E-state index in [0.29, 0.717) is 22.4 Å². The van der Waals surface area contributed by atoms with Gasteiger partial charge in [0, 0.05) is 14.8 Å². The molecule has 0 fully saturated rings. The molecule has 51 valence electrons. The Labute approximate surface area is 68.5 Å². The van der Waals surface area contributed by atoms with Gasteiger partial charge in [0.1, 0.15) is 0 Å². The highest BCUT2D eigenvalue weighted by Crippen LogP contribution is 2.13. The summed E-state index contributed by atoms with van der Waals surface area (Å²) < 4.78 is 10.1. The molecule has 0 saturated heterocycles. The van der Waals surface area contributed by atoms with Crippen molar-refractivity contribution in [2.75, 3.05) is 0 Å². The minimum absolute atomic E-state index is 0.389. The molecule has 0 aliphatic carbocycles. The smallest absolute Gasteiger partial charge is 0.0838 e. The maximum absolute atomic E-state index is 10.1. The third-order valence-corrected chi connectivity index (χ3v) is 1.85. The molecule has 1 aromatic carbocycles. The quantitative estimate of drug-likeness (QED) is 0.625. The third-order valence-electron chi connectivity index (χ3n) is 1.09. The van der Waals surface area contributed by atoms with Gasteiger partial charge in [0.15, 0.2) is 0 Å². The van der Waals surface area contributed by atoms with Crippen LogP contribution in [0.15, 0.2) is 18.2 Å². The van der Waals surface area contributed by atoms with E-state index < -0.39 is 0 Å². The minimum atomic E-state index is 0.389. The molecule has 0 aliphatic rings. The van der Waals surface area contributed by atoms with Crippen LogP contribution in [0.2, 0.25) is 5.02 Å². The Morgan fingerprint density at radius 1 is 1.70 bits per heavy atom. The van der Waals surface area contributed by atoms with Crippen LogP contribution in [0.3, 0.4) is 0 Å². The standard InChI is InChI=1S/C7H5ClOS/c8-7-4-2-1-3-6(7)5-10-9/h1-2,4H,5H2/q+1. The lowest BCUT2D eigenvalue weighted by atomic mass is 10.2. The summed E-state index contributed by atoms with van der Waals surface area (Å²) in [7, 11) is 0. The van der Waals surface area contributed by atoms with Crippen molar-refractivity contribution in [2.24, 2.45) is 0 Å². The number of halogens is 1. The Bertz CT molecular complexity index is 237.